The zero-order valence-electron chi connectivity index (χ0n) is 15.1. The number of ether oxygens (including phenoxy) is 1. The number of aryl methyl sites for hydroxylation is 2. The number of fused-ring (bicyclic) bond motifs is 3. The molecule has 4 aromatic heterocycles. The molecule has 0 aromatic carbocycles. The quantitative estimate of drug-likeness (QED) is 0.373. The minimum absolute atomic E-state index is 0.589. The number of thiophene rings is 2. The van der Waals surface area contributed by atoms with Crippen LogP contribution in [0.25, 0.3) is 31.7 Å². The number of rotatable bonds is 2. The van der Waals surface area contributed by atoms with Gasteiger partial charge in [0.2, 0.25) is 11.3 Å². The van der Waals surface area contributed by atoms with E-state index >= 15 is 0 Å². The SMILES string of the molecule is Cc1c2c3c(csc3n1C)Oc1c(CC(C)C)c3sccc3[n+](C)c1-2. The van der Waals surface area contributed by atoms with Crippen molar-refractivity contribution < 1.29 is 9.30 Å². The minimum Gasteiger partial charge on any atom is -0.448 e. The number of aromatic nitrogens is 2. The van der Waals surface area contributed by atoms with Gasteiger partial charge in [-0.25, -0.2) is 0 Å². The number of pyridine rings is 1. The van der Waals surface area contributed by atoms with Crippen LogP contribution in [-0.4, -0.2) is 4.57 Å². The molecule has 0 aliphatic carbocycles. The van der Waals surface area contributed by atoms with E-state index in [1.165, 1.54) is 42.9 Å². The Balaban J connectivity index is 1.97. The lowest BCUT2D eigenvalue weighted by molar-refractivity contribution is -0.633. The summed E-state index contributed by atoms with van der Waals surface area (Å²) in [6, 6.07) is 2.24. The van der Waals surface area contributed by atoms with E-state index < -0.39 is 0 Å². The van der Waals surface area contributed by atoms with Gasteiger partial charge in [-0.3, -0.25) is 0 Å². The zero-order valence-corrected chi connectivity index (χ0v) is 16.8. The molecular weight excluding hydrogens is 348 g/mol. The molecule has 0 amide bonds. The van der Waals surface area contributed by atoms with Gasteiger partial charge in [0.05, 0.1) is 10.9 Å². The van der Waals surface area contributed by atoms with Gasteiger partial charge in [-0.1, -0.05) is 13.8 Å². The van der Waals surface area contributed by atoms with Crippen molar-refractivity contribution in [1.82, 2.24) is 4.57 Å². The van der Waals surface area contributed by atoms with Gasteiger partial charge in [0.1, 0.15) is 22.3 Å². The van der Waals surface area contributed by atoms with Crippen molar-refractivity contribution in [2.24, 2.45) is 20.0 Å². The third kappa shape index (κ3) is 1.88. The molecular formula is C20H21N2OS2+. The molecule has 0 bridgehead atoms. The maximum atomic E-state index is 6.53. The summed E-state index contributed by atoms with van der Waals surface area (Å²) in [4.78, 5) is 1.30. The van der Waals surface area contributed by atoms with Crippen LogP contribution in [0.3, 0.4) is 0 Å². The molecule has 1 aliphatic rings. The summed E-state index contributed by atoms with van der Waals surface area (Å²) in [5.74, 6) is 2.67. The standard InChI is InChI=1S/C20H21N2OS2/c1-10(2)8-12-18-17(22(5)13-6-7-24-19(12)13)15-11(3)21(4)20-16(15)14(23-18)9-25-20/h6-7,9-10H,8H2,1-5H3/q+1. The lowest BCUT2D eigenvalue weighted by Gasteiger charge is -2.19. The van der Waals surface area contributed by atoms with Crippen molar-refractivity contribution in [2.75, 3.05) is 0 Å². The predicted molar refractivity (Wildman–Crippen MR) is 106 cm³/mol. The summed E-state index contributed by atoms with van der Waals surface area (Å²) < 4.78 is 12.5. The molecule has 5 heteroatoms. The van der Waals surface area contributed by atoms with E-state index in [1.807, 2.05) is 11.3 Å². The average molecular weight is 370 g/mol. The zero-order chi connectivity index (χ0) is 17.5. The van der Waals surface area contributed by atoms with Crippen molar-refractivity contribution in [3.63, 3.8) is 0 Å². The van der Waals surface area contributed by atoms with Crippen molar-refractivity contribution in [1.29, 1.82) is 0 Å². The van der Waals surface area contributed by atoms with Crippen molar-refractivity contribution in [3.8, 4) is 22.8 Å². The number of hydrogen-bond acceptors (Lipinski definition) is 3. The summed E-state index contributed by atoms with van der Waals surface area (Å²) >= 11 is 3.60. The van der Waals surface area contributed by atoms with Gasteiger partial charge in [0.25, 0.3) is 5.69 Å². The molecule has 0 spiro atoms. The fourth-order valence-electron chi connectivity index (χ4n) is 4.08. The summed E-state index contributed by atoms with van der Waals surface area (Å²) in [7, 11) is 4.33. The Morgan fingerprint density at radius 2 is 2.08 bits per heavy atom. The van der Waals surface area contributed by atoms with Crippen LogP contribution in [0.15, 0.2) is 16.8 Å². The van der Waals surface area contributed by atoms with E-state index in [2.05, 4.69) is 60.8 Å². The highest BCUT2D eigenvalue weighted by molar-refractivity contribution is 7.17. The highest BCUT2D eigenvalue weighted by atomic mass is 32.1. The van der Waals surface area contributed by atoms with E-state index in [0.29, 0.717) is 5.92 Å². The van der Waals surface area contributed by atoms with Gasteiger partial charge in [0.15, 0.2) is 0 Å². The first-order valence-corrected chi connectivity index (χ1v) is 10.4. The second kappa shape index (κ2) is 5.08. The van der Waals surface area contributed by atoms with E-state index in [4.69, 9.17) is 4.74 Å². The van der Waals surface area contributed by atoms with Crippen LogP contribution in [0.2, 0.25) is 0 Å². The monoisotopic (exact) mass is 369 g/mol. The van der Waals surface area contributed by atoms with Crippen LogP contribution < -0.4 is 9.30 Å². The van der Waals surface area contributed by atoms with Crippen LogP contribution in [0.5, 0.6) is 11.5 Å². The van der Waals surface area contributed by atoms with Gasteiger partial charge in [-0.2, -0.15) is 4.57 Å². The highest BCUT2D eigenvalue weighted by Gasteiger charge is 2.37. The molecule has 0 saturated heterocycles. The van der Waals surface area contributed by atoms with Gasteiger partial charge < -0.3 is 9.30 Å². The summed E-state index contributed by atoms with van der Waals surface area (Å²) in [5, 5.41) is 5.63. The second-order valence-electron chi connectivity index (χ2n) is 7.35. The fraction of sp³-hybridized carbons (Fsp3) is 0.350. The van der Waals surface area contributed by atoms with Crippen LogP contribution in [-0.2, 0) is 20.5 Å². The Kier molecular flexibility index (Phi) is 3.13. The molecule has 3 nitrogen and oxygen atoms in total. The van der Waals surface area contributed by atoms with Crippen LogP contribution in [0.1, 0.15) is 25.1 Å². The van der Waals surface area contributed by atoms with Gasteiger partial charge in [0, 0.05) is 29.8 Å². The topological polar surface area (TPSA) is 18.0 Å². The fourth-order valence-corrected chi connectivity index (χ4v) is 6.06. The molecule has 0 radical (unpaired) electrons. The lowest BCUT2D eigenvalue weighted by Crippen LogP contribution is -2.33. The first-order valence-electron chi connectivity index (χ1n) is 8.65. The third-order valence-corrected chi connectivity index (χ3v) is 7.32. The van der Waals surface area contributed by atoms with Gasteiger partial charge >= 0.3 is 0 Å². The van der Waals surface area contributed by atoms with Crippen LogP contribution >= 0.6 is 22.7 Å². The van der Waals surface area contributed by atoms with E-state index in [-0.39, 0.29) is 0 Å². The Morgan fingerprint density at radius 1 is 1.28 bits per heavy atom. The van der Waals surface area contributed by atoms with Gasteiger partial charge in [-0.05, 0) is 24.6 Å². The van der Waals surface area contributed by atoms with Gasteiger partial charge in [-0.15, -0.1) is 22.7 Å². The predicted octanol–water partition coefficient (Wildman–Crippen LogP) is 5.56. The lowest BCUT2D eigenvalue weighted by atomic mass is 9.96. The number of nitrogens with zero attached hydrogens (tertiary/aromatic N) is 2. The molecule has 128 valence electrons. The largest absolute Gasteiger partial charge is 0.448 e. The highest BCUT2D eigenvalue weighted by Crippen LogP contribution is 2.52. The Labute approximate surface area is 155 Å². The molecule has 0 unspecified atom stereocenters. The molecule has 0 fully saturated rings. The first-order chi connectivity index (χ1) is 12.0. The van der Waals surface area contributed by atoms with Crippen molar-refractivity contribution in [3.05, 3.63) is 28.1 Å². The number of hydrogen-bond donors (Lipinski definition) is 0. The van der Waals surface area contributed by atoms with E-state index in [0.717, 1.165) is 17.9 Å². The average Bonchev–Trinajstić information content (AvgIpc) is 3.26. The summed E-state index contributed by atoms with van der Waals surface area (Å²) in [5.41, 5.74) is 6.55. The first kappa shape index (κ1) is 15.4. The molecule has 0 atom stereocenters. The molecule has 5 rings (SSSR count). The molecule has 0 N–H and O–H groups in total. The van der Waals surface area contributed by atoms with E-state index in [1.54, 1.807) is 11.3 Å². The normalized spacial score (nSPS) is 13.0. The maximum absolute atomic E-state index is 6.53. The third-order valence-electron chi connectivity index (χ3n) is 5.32. The maximum Gasteiger partial charge on any atom is 0.258 e. The molecule has 4 aromatic rings. The Morgan fingerprint density at radius 3 is 2.84 bits per heavy atom. The van der Waals surface area contributed by atoms with Crippen LogP contribution in [0, 0.1) is 12.8 Å². The molecule has 5 heterocycles. The Bertz CT molecular complexity index is 1160. The minimum atomic E-state index is 0.589. The molecule has 25 heavy (non-hydrogen) atoms. The smallest absolute Gasteiger partial charge is 0.258 e. The molecule has 1 aliphatic heterocycles. The Hall–Kier alpha value is -1.85. The summed E-state index contributed by atoms with van der Waals surface area (Å²) in [6.45, 7) is 6.79. The second-order valence-corrected chi connectivity index (χ2v) is 9.12. The molecule has 0 saturated carbocycles. The van der Waals surface area contributed by atoms with Crippen molar-refractivity contribution in [2.45, 2.75) is 27.2 Å². The summed E-state index contributed by atoms with van der Waals surface area (Å²) in [6.07, 6.45) is 1.04. The van der Waals surface area contributed by atoms with Crippen LogP contribution in [0.4, 0.5) is 0 Å². The van der Waals surface area contributed by atoms with Crippen molar-refractivity contribution >= 4 is 43.1 Å². The van der Waals surface area contributed by atoms with E-state index in [9.17, 15) is 0 Å².